The van der Waals surface area contributed by atoms with Crippen LogP contribution in [0.5, 0.6) is 6.01 Å². The molecule has 20 heavy (non-hydrogen) atoms. The van der Waals surface area contributed by atoms with Crippen LogP contribution >= 0.6 is 0 Å². The van der Waals surface area contributed by atoms with Crippen LogP contribution in [0.4, 0.5) is 11.9 Å². The molecule has 0 saturated heterocycles. The van der Waals surface area contributed by atoms with Gasteiger partial charge in [-0.05, 0) is 19.1 Å². The molecular weight excluding hydrogens is 258 g/mol. The van der Waals surface area contributed by atoms with Gasteiger partial charge >= 0.3 is 6.01 Å². The Balaban J connectivity index is 2.19. The van der Waals surface area contributed by atoms with Crippen LogP contribution in [0.3, 0.4) is 0 Å². The van der Waals surface area contributed by atoms with Gasteiger partial charge in [0.1, 0.15) is 0 Å². The first-order valence-electron chi connectivity index (χ1n) is 6.19. The van der Waals surface area contributed by atoms with Crippen molar-refractivity contribution in [2.75, 3.05) is 24.0 Å². The molecule has 0 radical (unpaired) electrons. The number of anilines is 2. The normalized spacial score (nSPS) is 10.2. The van der Waals surface area contributed by atoms with Gasteiger partial charge in [-0.2, -0.15) is 15.0 Å². The van der Waals surface area contributed by atoms with E-state index in [4.69, 9.17) is 10.6 Å². The highest BCUT2D eigenvalue weighted by Crippen LogP contribution is 2.15. The fourth-order valence-corrected chi connectivity index (χ4v) is 1.58. The van der Waals surface area contributed by atoms with Crippen LogP contribution in [-0.4, -0.2) is 33.6 Å². The maximum Gasteiger partial charge on any atom is 0.323 e. The zero-order valence-corrected chi connectivity index (χ0v) is 11.4. The average molecular weight is 275 g/mol. The molecule has 0 amide bonds. The summed E-state index contributed by atoms with van der Waals surface area (Å²) in [5.74, 6) is 6.06. The molecule has 0 aliphatic heterocycles. The summed E-state index contributed by atoms with van der Waals surface area (Å²) in [4.78, 5) is 18.5. The molecule has 2 aromatic rings. The molecule has 8 nitrogen and oxygen atoms in total. The lowest BCUT2D eigenvalue weighted by molar-refractivity contribution is 0.312. The van der Waals surface area contributed by atoms with Crippen LogP contribution in [-0.2, 0) is 6.54 Å². The van der Waals surface area contributed by atoms with Gasteiger partial charge in [-0.3, -0.25) is 10.4 Å². The Labute approximate surface area is 117 Å². The first-order chi connectivity index (χ1) is 9.72. The maximum atomic E-state index is 5.35. The number of nitrogens with two attached hydrogens (primary N) is 1. The largest absolute Gasteiger partial charge is 0.464 e. The number of rotatable bonds is 6. The van der Waals surface area contributed by atoms with E-state index in [0.717, 1.165) is 5.69 Å². The molecule has 2 aromatic heterocycles. The molecular formula is C12H17N7O. The van der Waals surface area contributed by atoms with Crippen LogP contribution in [0.1, 0.15) is 12.6 Å². The van der Waals surface area contributed by atoms with E-state index in [1.54, 1.807) is 6.20 Å². The summed E-state index contributed by atoms with van der Waals surface area (Å²) in [5, 5.41) is 0. The second-order valence-corrected chi connectivity index (χ2v) is 4.00. The van der Waals surface area contributed by atoms with Crippen molar-refractivity contribution in [3.63, 3.8) is 0 Å². The summed E-state index contributed by atoms with van der Waals surface area (Å²) in [6.07, 6.45) is 1.75. The minimum absolute atomic E-state index is 0.235. The van der Waals surface area contributed by atoms with Crippen molar-refractivity contribution in [3.8, 4) is 6.01 Å². The third kappa shape index (κ3) is 3.51. The van der Waals surface area contributed by atoms with Gasteiger partial charge in [-0.1, -0.05) is 6.07 Å². The fraction of sp³-hybridized carbons (Fsp3) is 0.333. The SMILES string of the molecule is CCOc1nc(NN)nc(N(C)Cc2ccccn2)n1. The summed E-state index contributed by atoms with van der Waals surface area (Å²) in [5.41, 5.74) is 3.31. The van der Waals surface area contributed by atoms with Crippen molar-refractivity contribution in [1.82, 2.24) is 19.9 Å². The van der Waals surface area contributed by atoms with Gasteiger partial charge in [0.15, 0.2) is 0 Å². The highest BCUT2D eigenvalue weighted by molar-refractivity contribution is 5.37. The zero-order valence-electron chi connectivity index (χ0n) is 11.4. The summed E-state index contributed by atoms with van der Waals surface area (Å²) >= 11 is 0. The van der Waals surface area contributed by atoms with E-state index in [2.05, 4.69) is 25.4 Å². The van der Waals surface area contributed by atoms with Crippen molar-refractivity contribution in [1.29, 1.82) is 0 Å². The Morgan fingerprint density at radius 2 is 2.15 bits per heavy atom. The number of hydrazine groups is 1. The van der Waals surface area contributed by atoms with Crippen LogP contribution in [0, 0.1) is 0 Å². The van der Waals surface area contributed by atoms with Crippen molar-refractivity contribution in [2.24, 2.45) is 5.84 Å². The molecule has 0 spiro atoms. The molecule has 2 rings (SSSR count). The monoisotopic (exact) mass is 275 g/mol. The van der Waals surface area contributed by atoms with Gasteiger partial charge in [0.25, 0.3) is 0 Å². The molecule has 0 bridgehead atoms. The predicted octanol–water partition coefficient (Wildman–Crippen LogP) is 0.587. The zero-order chi connectivity index (χ0) is 14.4. The Kier molecular flexibility index (Phi) is 4.61. The molecule has 0 aliphatic rings. The smallest absolute Gasteiger partial charge is 0.323 e. The molecule has 0 saturated carbocycles. The van der Waals surface area contributed by atoms with Gasteiger partial charge in [0.2, 0.25) is 11.9 Å². The number of aromatic nitrogens is 4. The maximum absolute atomic E-state index is 5.35. The summed E-state index contributed by atoms with van der Waals surface area (Å²) in [6, 6.07) is 5.97. The quantitative estimate of drug-likeness (QED) is 0.583. The summed E-state index contributed by atoms with van der Waals surface area (Å²) in [7, 11) is 1.86. The lowest BCUT2D eigenvalue weighted by Gasteiger charge is -2.17. The van der Waals surface area contributed by atoms with Crippen LogP contribution in [0.2, 0.25) is 0 Å². The first kappa shape index (κ1) is 13.9. The standard InChI is InChI=1S/C12H17N7O/c1-3-20-12-16-10(18-13)15-11(17-12)19(2)8-9-6-4-5-7-14-9/h4-7H,3,8,13H2,1-2H3,(H,15,16,17,18). The van der Waals surface area contributed by atoms with E-state index in [1.165, 1.54) is 0 Å². The van der Waals surface area contributed by atoms with E-state index in [0.29, 0.717) is 19.1 Å². The van der Waals surface area contributed by atoms with Gasteiger partial charge in [0, 0.05) is 13.2 Å². The minimum Gasteiger partial charge on any atom is -0.464 e. The molecule has 8 heteroatoms. The van der Waals surface area contributed by atoms with Gasteiger partial charge in [0.05, 0.1) is 18.8 Å². The number of nitrogens with zero attached hydrogens (tertiary/aromatic N) is 5. The van der Waals surface area contributed by atoms with E-state index >= 15 is 0 Å². The lowest BCUT2D eigenvalue weighted by atomic mass is 10.3. The van der Waals surface area contributed by atoms with Crippen LogP contribution in [0.15, 0.2) is 24.4 Å². The molecule has 0 unspecified atom stereocenters. The fourth-order valence-electron chi connectivity index (χ4n) is 1.58. The van der Waals surface area contributed by atoms with E-state index in [1.807, 2.05) is 37.1 Å². The topological polar surface area (TPSA) is 102 Å². The predicted molar refractivity (Wildman–Crippen MR) is 75.2 cm³/mol. The number of nitrogen functional groups attached to an aromatic ring is 1. The van der Waals surface area contributed by atoms with Crippen molar-refractivity contribution in [2.45, 2.75) is 13.5 Å². The highest BCUT2D eigenvalue weighted by atomic mass is 16.5. The van der Waals surface area contributed by atoms with Gasteiger partial charge in [-0.25, -0.2) is 5.84 Å². The third-order valence-electron chi connectivity index (χ3n) is 2.47. The lowest BCUT2D eigenvalue weighted by Crippen LogP contribution is -2.22. The van der Waals surface area contributed by atoms with Gasteiger partial charge in [-0.15, -0.1) is 0 Å². The van der Waals surface area contributed by atoms with Crippen molar-refractivity contribution >= 4 is 11.9 Å². The molecule has 0 fully saturated rings. The first-order valence-corrected chi connectivity index (χ1v) is 6.19. The van der Waals surface area contributed by atoms with E-state index in [-0.39, 0.29) is 12.0 Å². The second kappa shape index (κ2) is 6.62. The highest BCUT2D eigenvalue weighted by Gasteiger charge is 2.11. The van der Waals surface area contributed by atoms with Gasteiger partial charge < -0.3 is 9.64 Å². The number of hydrogen-bond acceptors (Lipinski definition) is 8. The second-order valence-electron chi connectivity index (χ2n) is 4.00. The Morgan fingerprint density at radius 3 is 2.80 bits per heavy atom. The molecule has 0 aromatic carbocycles. The Morgan fingerprint density at radius 1 is 1.30 bits per heavy atom. The number of nitrogens with one attached hydrogen (secondary N) is 1. The molecule has 0 atom stereocenters. The molecule has 2 heterocycles. The van der Waals surface area contributed by atoms with Crippen LogP contribution in [0.25, 0.3) is 0 Å². The van der Waals surface area contributed by atoms with E-state index < -0.39 is 0 Å². The number of hydrogen-bond donors (Lipinski definition) is 2. The summed E-state index contributed by atoms with van der Waals surface area (Å²) in [6.45, 7) is 2.90. The molecule has 3 N–H and O–H groups in total. The molecule has 0 aliphatic carbocycles. The van der Waals surface area contributed by atoms with Crippen molar-refractivity contribution in [3.05, 3.63) is 30.1 Å². The van der Waals surface area contributed by atoms with Crippen molar-refractivity contribution < 1.29 is 4.74 Å². The minimum atomic E-state index is 0.235. The number of pyridine rings is 1. The van der Waals surface area contributed by atoms with E-state index in [9.17, 15) is 0 Å². The molecule has 106 valence electrons. The Bertz CT molecular complexity index is 549. The Hall–Kier alpha value is -2.48. The third-order valence-corrected chi connectivity index (χ3v) is 2.47. The van der Waals surface area contributed by atoms with Crippen LogP contribution < -0.4 is 20.9 Å². The summed E-state index contributed by atoms with van der Waals surface area (Å²) < 4.78 is 5.29. The number of ether oxygens (including phenoxy) is 1. The average Bonchev–Trinajstić information content (AvgIpc) is 2.48.